The fourth-order valence-electron chi connectivity index (χ4n) is 3.97. The van der Waals surface area contributed by atoms with Gasteiger partial charge in [0.25, 0.3) is 0 Å². The van der Waals surface area contributed by atoms with Gasteiger partial charge < -0.3 is 14.2 Å². The van der Waals surface area contributed by atoms with E-state index in [0.717, 1.165) is 5.57 Å². The summed E-state index contributed by atoms with van der Waals surface area (Å²) < 4.78 is 17.0. The maximum Gasteiger partial charge on any atom is 0.309 e. The van der Waals surface area contributed by atoms with Crippen LogP contribution in [0.2, 0.25) is 0 Å². The number of esters is 3. The summed E-state index contributed by atoms with van der Waals surface area (Å²) in [7, 11) is 0. The third kappa shape index (κ3) is 5.33. The van der Waals surface area contributed by atoms with Crippen molar-refractivity contribution in [1.29, 1.82) is 0 Å². The Kier molecular flexibility index (Phi) is 7.06. The van der Waals surface area contributed by atoms with E-state index in [1.807, 2.05) is 26.8 Å². The lowest BCUT2D eigenvalue weighted by Crippen LogP contribution is -2.39. The van der Waals surface area contributed by atoms with Crippen molar-refractivity contribution in [2.45, 2.75) is 79.1 Å². The van der Waals surface area contributed by atoms with E-state index in [0.29, 0.717) is 19.3 Å². The van der Waals surface area contributed by atoms with Crippen LogP contribution in [0.1, 0.15) is 60.8 Å². The fraction of sp³-hybridized carbons (Fsp3) is 0.762. The molecule has 1 saturated heterocycles. The molecule has 6 nitrogen and oxygen atoms in total. The molecule has 0 aromatic carbocycles. The Labute approximate surface area is 161 Å². The van der Waals surface area contributed by atoms with Gasteiger partial charge in [0.1, 0.15) is 18.3 Å². The van der Waals surface area contributed by atoms with Crippen LogP contribution >= 0.6 is 0 Å². The average molecular weight is 380 g/mol. The van der Waals surface area contributed by atoms with E-state index in [4.69, 9.17) is 14.2 Å². The quantitative estimate of drug-likeness (QED) is 0.424. The van der Waals surface area contributed by atoms with Crippen LogP contribution < -0.4 is 0 Å². The molecule has 1 aliphatic heterocycles. The van der Waals surface area contributed by atoms with Gasteiger partial charge in [-0.3, -0.25) is 14.4 Å². The van der Waals surface area contributed by atoms with Gasteiger partial charge in [0.2, 0.25) is 0 Å². The van der Waals surface area contributed by atoms with Crippen molar-refractivity contribution in [3.63, 3.8) is 0 Å². The summed E-state index contributed by atoms with van der Waals surface area (Å²) in [6, 6.07) is 0. The summed E-state index contributed by atoms with van der Waals surface area (Å²) in [4.78, 5) is 36.0. The van der Waals surface area contributed by atoms with E-state index in [1.54, 1.807) is 13.8 Å². The normalized spacial score (nSPS) is 36.3. The van der Waals surface area contributed by atoms with E-state index >= 15 is 0 Å². The molecule has 1 fully saturated rings. The average Bonchev–Trinajstić information content (AvgIpc) is 2.83. The van der Waals surface area contributed by atoms with Crippen LogP contribution in [0.25, 0.3) is 0 Å². The molecule has 152 valence electrons. The zero-order chi connectivity index (χ0) is 20.3. The minimum atomic E-state index is -0.403. The zero-order valence-electron chi connectivity index (χ0n) is 17.2. The molecule has 1 heterocycles. The van der Waals surface area contributed by atoms with Gasteiger partial charge in [-0.05, 0) is 19.3 Å². The van der Waals surface area contributed by atoms with Crippen molar-refractivity contribution in [3.05, 3.63) is 11.6 Å². The molecule has 6 atom stereocenters. The lowest BCUT2D eigenvalue weighted by Gasteiger charge is -2.33. The topological polar surface area (TPSA) is 78.9 Å². The van der Waals surface area contributed by atoms with Crippen molar-refractivity contribution in [2.75, 3.05) is 0 Å². The first-order valence-electron chi connectivity index (χ1n) is 9.84. The van der Waals surface area contributed by atoms with Gasteiger partial charge in [0.05, 0.1) is 11.8 Å². The van der Waals surface area contributed by atoms with E-state index in [9.17, 15) is 14.4 Å². The van der Waals surface area contributed by atoms with Crippen LogP contribution in [0.5, 0.6) is 0 Å². The molecular formula is C21H32O6. The highest BCUT2D eigenvalue weighted by molar-refractivity contribution is 5.75. The number of fused-ring (bicyclic) bond motifs is 1. The molecule has 0 aromatic heterocycles. The summed E-state index contributed by atoms with van der Waals surface area (Å²) in [6.45, 7) is 10.8. The van der Waals surface area contributed by atoms with Gasteiger partial charge in [-0.2, -0.15) is 0 Å². The molecule has 1 unspecified atom stereocenters. The molecule has 0 aromatic rings. The molecule has 0 saturated carbocycles. The van der Waals surface area contributed by atoms with Crippen LogP contribution in [-0.4, -0.2) is 36.2 Å². The number of ether oxygens (including phenoxy) is 3. The minimum Gasteiger partial charge on any atom is -0.462 e. The molecule has 0 radical (unpaired) electrons. The highest BCUT2D eigenvalue weighted by Crippen LogP contribution is 2.39. The molecule has 27 heavy (non-hydrogen) atoms. The van der Waals surface area contributed by atoms with E-state index in [2.05, 4.69) is 0 Å². The first-order valence-corrected chi connectivity index (χ1v) is 9.84. The Morgan fingerprint density at radius 1 is 1.19 bits per heavy atom. The molecule has 0 amide bonds. The Balaban J connectivity index is 2.34. The Morgan fingerprint density at radius 3 is 2.44 bits per heavy atom. The van der Waals surface area contributed by atoms with E-state index in [-0.39, 0.29) is 53.8 Å². The number of rotatable bonds is 3. The van der Waals surface area contributed by atoms with Gasteiger partial charge in [0, 0.05) is 25.7 Å². The summed E-state index contributed by atoms with van der Waals surface area (Å²) in [5.41, 5.74) is 1.05. The lowest BCUT2D eigenvalue weighted by molar-refractivity contribution is -0.158. The summed E-state index contributed by atoms with van der Waals surface area (Å²) in [5, 5.41) is 0. The second kappa shape index (κ2) is 8.89. The molecule has 0 N–H and O–H groups in total. The highest BCUT2D eigenvalue weighted by Gasteiger charge is 2.48. The van der Waals surface area contributed by atoms with Gasteiger partial charge in [-0.25, -0.2) is 0 Å². The molecular weight excluding hydrogens is 348 g/mol. The summed E-state index contributed by atoms with van der Waals surface area (Å²) >= 11 is 0. The fourth-order valence-corrected chi connectivity index (χ4v) is 3.97. The zero-order valence-corrected chi connectivity index (χ0v) is 17.2. The monoisotopic (exact) mass is 380 g/mol. The van der Waals surface area contributed by atoms with Crippen LogP contribution in [-0.2, 0) is 28.6 Å². The number of hydrogen-bond acceptors (Lipinski definition) is 6. The Hall–Kier alpha value is -1.85. The lowest BCUT2D eigenvalue weighted by atomic mass is 9.79. The number of carbonyl (C=O) groups excluding carboxylic acids is 3. The first kappa shape index (κ1) is 21.5. The predicted octanol–water partition coefficient (Wildman–Crippen LogP) is 3.43. The second-order valence-corrected chi connectivity index (χ2v) is 8.32. The van der Waals surface area contributed by atoms with Crippen LogP contribution in [0, 0.1) is 23.7 Å². The van der Waals surface area contributed by atoms with Gasteiger partial charge in [-0.1, -0.05) is 39.3 Å². The van der Waals surface area contributed by atoms with Crippen LogP contribution in [0.3, 0.4) is 0 Å². The van der Waals surface area contributed by atoms with Crippen molar-refractivity contribution in [2.24, 2.45) is 23.7 Å². The van der Waals surface area contributed by atoms with Gasteiger partial charge in [-0.15, -0.1) is 0 Å². The standard InChI is InChI=1S/C21H32O6/c1-11(2)20(23)26-17-9-12(3)7-8-16(25-15(6)22)13(4)10-18-19(17)14(5)21(24)27-18/h7,11,13-14,16-19H,8-10H2,1-6H3/b12-7-/t13-,14+,16?,17-,18-,19-/m1/s1. The molecule has 2 rings (SSSR count). The minimum absolute atomic E-state index is 0.0168. The first-order chi connectivity index (χ1) is 12.6. The van der Waals surface area contributed by atoms with Crippen molar-refractivity contribution < 1.29 is 28.6 Å². The Morgan fingerprint density at radius 2 is 1.85 bits per heavy atom. The van der Waals surface area contributed by atoms with Crippen LogP contribution in [0.4, 0.5) is 0 Å². The SMILES string of the molecule is CC(=O)OC1C/C=C(/C)C[C@@H](OC(=O)C(C)C)[C@H]2[C@H](C)C(=O)O[C@@H]2C[C@H]1C. The third-order valence-corrected chi connectivity index (χ3v) is 5.59. The number of carbonyl (C=O) groups is 3. The van der Waals surface area contributed by atoms with Crippen molar-refractivity contribution >= 4 is 17.9 Å². The molecule has 2 aliphatic rings. The molecule has 0 spiro atoms. The number of hydrogen-bond donors (Lipinski definition) is 0. The second-order valence-electron chi connectivity index (χ2n) is 8.32. The molecule has 0 bridgehead atoms. The van der Waals surface area contributed by atoms with Gasteiger partial charge in [0.15, 0.2) is 0 Å². The van der Waals surface area contributed by atoms with Gasteiger partial charge >= 0.3 is 17.9 Å². The summed E-state index contributed by atoms with van der Waals surface area (Å²) in [6.07, 6.45) is 2.74. The Bertz CT molecular complexity index is 608. The van der Waals surface area contributed by atoms with Crippen molar-refractivity contribution in [3.8, 4) is 0 Å². The van der Waals surface area contributed by atoms with Crippen LogP contribution in [0.15, 0.2) is 11.6 Å². The highest BCUT2D eigenvalue weighted by atomic mass is 16.6. The molecule has 6 heteroatoms. The smallest absolute Gasteiger partial charge is 0.309 e. The van der Waals surface area contributed by atoms with Crippen molar-refractivity contribution in [1.82, 2.24) is 0 Å². The third-order valence-electron chi connectivity index (χ3n) is 5.59. The maximum absolute atomic E-state index is 12.3. The maximum atomic E-state index is 12.3. The summed E-state index contributed by atoms with van der Waals surface area (Å²) in [5.74, 6) is -1.60. The predicted molar refractivity (Wildman–Crippen MR) is 99.6 cm³/mol. The van der Waals surface area contributed by atoms with E-state index in [1.165, 1.54) is 6.92 Å². The van der Waals surface area contributed by atoms with E-state index < -0.39 is 6.10 Å². The largest absolute Gasteiger partial charge is 0.462 e. The molecule has 1 aliphatic carbocycles.